The summed E-state index contributed by atoms with van der Waals surface area (Å²) < 4.78 is 7.02. The molecule has 0 unspecified atom stereocenters. The van der Waals surface area contributed by atoms with Gasteiger partial charge in [-0.05, 0) is 25.1 Å². The monoisotopic (exact) mass is 245 g/mol. The quantitative estimate of drug-likeness (QED) is 0.768. The van der Waals surface area contributed by atoms with Crippen LogP contribution in [0.5, 0.6) is 5.75 Å². The van der Waals surface area contributed by atoms with E-state index in [0.29, 0.717) is 0 Å². The van der Waals surface area contributed by atoms with Crippen LogP contribution in [-0.4, -0.2) is 17.6 Å². The minimum absolute atomic E-state index is 0.0991. The molecular formula is C15H19NO2. The molecule has 0 amide bonds. The average molecular weight is 245 g/mol. The van der Waals surface area contributed by atoms with Crippen LogP contribution in [0.2, 0.25) is 0 Å². The zero-order chi connectivity index (χ0) is 13.5. The molecule has 96 valence electrons. The van der Waals surface area contributed by atoms with Crippen LogP contribution in [0.3, 0.4) is 0 Å². The Morgan fingerprint density at radius 3 is 2.44 bits per heavy atom. The number of aromatic nitrogens is 1. The highest BCUT2D eigenvalue weighted by atomic mass is 16.5. The van der Waals surface area contributed by atoms with Crippen LogP contribution < -0.4 is 4.74 Å². The molecule has 0 N–H and O–H groups in total. The number of aryl methyl sites for hydroxylation is 1. The van der Waals surface area contributed by atoms with Crippen molar-refractivity contribution in [3.05, 3.63) is 30.0 Å². The predicted molar refractivity (Wildman–Crippen MR) is 73.3 cm³/mol. The third-order valence-electron chi connectivity index (χ3n) is 3.17. The van der Waals surface area contributed by atoms with E-state index in [-0.39, 0.29) is 11.3 Å². The highest BCUT2D eigenvalue weighted by Crippen LogP contribution is 2.29. The second kappa shape index (κ2) is 4.16. The first-order valence-corrected chi connectivity index (χ1v) is 6.05. The molecule has 0 aliphatic heterocycles. The summed E-state index contributed by atoms with van der Waals surface area (Å²) in [7, 11) is 1.66. The maximum Gasteiger partial charge on any atom is 0.236 e. The number of carbonyl (C=O) groups excluding carboxylic acids is 1. The Bertz CT molecular complexity index is 603. The van der Waals surface area contributed by atoms with Gasteiger partial charge in [0.1, 0.15) is 5.75 Å². The third kappa shape index (κ3) is 1.90. The van der Waals surface area contributed by atoms with Crippen molar-refractivity contribution in [3.8, 4) is 5.75 Å². The summed E-state index contributed by atoms with van der Waals surface area (Å²) in [5.41, 5.74) is 1.61. The summed E-state index contributed by atoms with van der Waals surface area (Å²) in [6, 6.07) is 5.81. The second-order valence-corrected chi connectivity index (χ2v) is 5.57. The van der Waals surface area contributed by atoms with E-state index in [1.807, 2.05) is 52.1 Å². The predicted octanol–water partition coefficient (Wildman–Crippen LogP) is 3.64. The van der Waals surface area contributed by atoms with Gasteiger partial charge in [0.2, 0.25) is 5.91 Å². The van der Waals surface area contributed by atoms with Gasteiger partial charge in [0, 0.05) is 22.6 Å². The van der Waals surface area contributed by atoms with Crippen LogP contribution in [0.15, 0.2) is 24.4 Å². The number of carbonyl (C=O) groups is 1. The van der Waals surface area contributed by atoms with Gasteiger partial charge in [0.15, 0.2) is 0 Å². The summed E-state index contributed by atoms with van der Waals surface area (Å²) in [6.45, 7) is 7.79. The minimum Gasteiger partial charge on any atom is -0.496 e. The van der Waals surface area contributed by atoms with Crippen molar-refractivity contribution in [2.24, 2.45) is 5.41 Å². The lowest BCUT2D eigenvalue weighted by atomic mass is 9.95. The molecule has 2 rings (SSSR count). The number of methoxy groups -OCH3 is 1. The van der Waals surface area contributed by atoms with E-state index in [9.17, 15) is 4.79 Å². The van der Waals surface area contributed by atoms with E-state index in [0.717, 1.165) is 22.2 Å². The van der Waals surface area contributed by atoms with Crippen molar-refractivity contribution in [1.82, 2.24) is 4.57 Å². The SMILES string of the molecule is COc1ccc2c(ccn2C(=O)C(C)(C)C)c1C. The van der Waals surface area contributed by atoms with Gasteiger partial charge in [-0.2, -0.15) is 0 Å². The smallest absolute Gasteiger partial charge is 0.236 e. The van der Waals surface area contributed by atoms with Crippen LogP contribution in [0, 0.1) is 12.3 Å². The molecule has 0 aliphatic carbocycles. The van der Waals surface area contributed by atoms with Crippen molar-refractivity contribution < 1.29 is 9.53 Å². The number of hydrogen-bond donors (Lipinski definition) is 0. The Morgan fingerprint density at radius 2 is 1.89 bits per heavy atom. The molecule has 0 saturated carbocycles. The molecule has 1 aromatic carbocycles. The molecule has 0 bridgehead atoms. The molecule has 0 saturated heterocycles. The molecule has 18 heavy (non-hydrogen) atoms. The molecule has 3 nitrogen and oxygen atoms in total. The van der Waals surface area contributed by atoms with Gasteiger partial charge in [-0.3, -0.25) is 9.36 Å². The van der Waals surface area contributed by atoms with Crippen LogP contribution in [0.25, 0.3) is 10.9 Å². The Labute approximate surface area is 107 Å². The van der Waals surface area contributed by atoms with Gasteiger partial charge in [-0.1, -0.05) is 20.8 Å². The third-order valence-corrected chi connectivity index (χ3v) is 3.17. The lowest BCUT2D eigenvalue weighted by Gasteiger charge is -2.18. The first-order chi connectivity index (χ1) is 8.36. The van der Waals surface area contributed by atoms with E-state index < -0.39 is 0 Å². The normalized spacial score (nSPS) is 11.8. The molecule has 0 fully saturated rings. The maximum absolute atomic E-state index is 12.3. The van der Waals surface area contributed by atoms with E-state index >= 15 is 0 Å². The lowest BCUT2D eigenvalue weighted by Crippen LogP contribution is -2.25. The molecule has 2 aromatic rings. The van der Waals surface area contributed by atoms with Crippen LogP contribution >= 0.6 is 0 Å². The molecule has 0 radical (unpaired) electrons. The fourth-order valence-electron chi connectivity index (χ4n) is 2.10. The van der Waals surface area contributed by atoms with Gasteiger partial charge < -0.3 is 4.74 Å². The zero-order valence-electron chi connectivity index (χ0n) is 11.6. The topological polar surface area (TPSA) is 31.2 Å². The van der Waals surface area contributed by atoms with Gasteiger partial charge >= 0.3 is 0 Å². The fraction of sp³-hybridized carbons (Fsp3) is 0.400. The van der Waals surface area contributed by atoms with Crippen molar-refractivity contribution in [1.29, 1.82) is 0 Å². The molecule has 0 aliphatic rings. The molecule has 0 atom stereocenters. The van der Waals surface area contributed by atoms with Gasteiger partial charge in [-0.25, -0.2) is 0 Å². The standard InChI is InChI=1S/C15H19NO2/c1-10-11-8-9-16(14(17)15(2,3)4)12(11)6-7-13(10)18-5/h6-9H,1-5H3. The number of hydrogen-bond acceptors (Lipinski definition) is 2. The second-order valence-electron chi connectivity index (χ2n) is 5.57. The number of benzene rings is 1. The van der Waals surface area contributed by atoms with Crippen molar-refractivity contribution in [2.45, 2.75) is 27.7 Å². The largest absolute Gasteiger partial charge is 0.496 e. The van der Waals surface area contributed by atoms with E-state index in [2.05, 4.69) is 0 Å². The molecule has 1 aromatic heterocycles. The summed E-state index contributed by atoms with van der Waals surface area (Å²) in [4.78, 5) is 12.3. The first kappa shape index (κ1) is 12.7. The number of nitrogens with zero attached hydrogens (tertiary/aromatic N) is 1. The summed E-state index contributed by atoms with van der Waals surface area (Å²) >= 11 is 0. The van der Waals surface area contributed by atoms with Crippen molar-refractivity contribution in [3.63, 3.8) is 0 Å². The van der Waals surface area contributed by atoms with Gasteiger partial charge in [-0.15, -0.1) is 0 Å². The van der Waals surface area contributed by atoms with E-state index in [4.69, 9.17) is 4.74 Å². The Hall–Kier alpha value is -1.77. The van der Waals surface area contributed by atoms with Crippen LogP contribution in [0.4, 0.5) is 0 Å². The van der Waals surface area contributed by atoms with Crippen molar-refractivity contribution >= 4 is 16.8 Å². The zero-order valence-corrected chi connectivity index (χ0v) is 11.6. The Kier molecular flexibility index (Phi) is 2.93. The summed E-state index contributed by atoms with van der Waals surface area (Å²) in [5, 5.41) is 1.06. The maximum atomic E-state index is 12.3. The van der Waals surface area contributed by atoms with Gasteiger partial charge in [0.25, 0.3) is 0 Å². The molecule has 3 heteroatoms. The van der Waals surface area contributed by atoms with E-state index in [1.54, 1.807) is 11.7 Å². The molecule has 0 spiro atoms. The number of fused-ring (bicyclic) bond motifs is 1. The van der Waals surface area contributed by atoms with Crippen LogP contribution in [0.1, 0.15) is 31.1 Å². The Balaban J connectivity index is 2.64. The average Bonchev–Trinajstić information content (AvgIpc) is 2.71. The van der Waals surface area contributed by atoms with Crippen LogP contribution in [-0.2, 0) is 0 Å². The van der Waals surface area contributed by atoms with Crippen molar-refractivity contribution in [2.75, 3.05) is 7.11 Å². The molecular weight excluding hydrogens is 226 g/mol. The van der Waals surface area contributed by atoms with E-state index in [1.165, 1.54) is 0 Å². The fourth-order valence-corrected chi connectivity index (χ4v) is 2.10. The lowest BCUT2D eigenvalue weighted by molar-refractivity contribution is 0.0772. The highest BCUT2D eigenvalue weighted by molar-refractivity contribution is 5.96. The van der Waals surface area contributed by atoms with Gasteiger partial charge in [0.05, 0.1) is 12.6 Å². The molecule has 1 heterocycles. The Morgan fingerprint density at radius 1 is 1.22 bits per heavy atom. The minimum atomic E-state index is -0.389. The number of rotatable bonds is 1. The summed E-state index contributed by atoms with van der Waals surface area (Å²) in [5.74, 6) is 0.950. The number of ether oxygens (including phenoxy) is 1. The first-order valence-electron chi connectivity index (χ1n) is 6.05. The highest BCUT2D eigenvalue weighted by Gasteiger charge is 2.24. The summed E-state index contributed by atoms with van der Waals surface area (Å²) in [6.07, 6.45) is 1.84.